The maximum absolute atomic E-state index is 10.7. The molecule has 0 saturated carbocycles. The Labute approximate surface area is 110 Å². The third-order valence-electron chi connectivity index (χ3n) is 3.57. The Morgan fingerprint density at radius 1 is 1.28 bits per heavy atom. The molecule has 1 aromatic rings. The summed E-state index contributed by atoms with van der Waals surface area (Å²) in [5.74, 6) is 0.846. The van der Waals surface area contributed by atoms with Crippen molar-refractivity contribution in [2.75, 3.05) is 19.0 Å². The van der Waals surface area contributed by atoms with E-state index < -0.39 is 11.1 Å². The summed E-state index contributed by atoms with van der Waals surface area (Å²) in [6.07, 6.45) is 2.11. The Bertz CT molecular complexity index is 400. The predicted octanol–water partition coefficient (Wildman–Crippen LogP) is 1.50. The molecule has 1 unspecified atom stereocenters. The minimum atomic E-state index is -1.71. The van der Waals surface area contributed by atoms with Gasteiger partial charge >= 0.3 is 0 Å². The zero-order valence-electron chi connectivity index (χ0n) is 10.4. The van der Waals surface area contributed by atoms with Gasteiger partial charge in [0.15, 0.2) is 11.1 Å². The third kappa shape index (κ3) is 3.62. The Kier molecular flexibility index (Phi) is 4.88. The normalized spacial score (nSPS) is 19.9. The van der Waals surface area contributed by atoms with Crippen molar-refractivity contribution in [1.82, 2.24) is 4.90 Å². The molecular formula is C13H20N2O2S. The molecule has 3 N–H and O–H groups in total. The highest BCUT2D eigenvalue weighted by molar-refractivity contribution is 7.79. The van der Waals surface area contributed by atoms with Crippen molar-refractivity contribution in [3.05, 3.63) is 35.4 Å². The van der Waals surface area contributed by atoms with Gasteiger partial charge in [-0.3, -0.25) is 4.90 Å². The van der Waals surface area contributed by atoms with Crippen LogP contribution in [0.5, 0.6) is 0 Å². The highest BCUT2D eigenvalue weighted by atomic mass is 32.2. The van der Waals surface area contributed by atoms with Gasteiger partial charge in [0.1, 0.15) is 5.88 Å². The van der Waals surface area contributed by atoms with Crippen LogP contribution in [-0.4, -0.2) is 32.6 Å². The van der Waals surface area contributed by atoms with Crippen LogP contribution < -0.4 is 5.73 Å². The van der Waals surface area contributed by atoms with E-state index in [2.05, 4.69) is 29.2 Å². The third-order valence-corrected chi connectivity index (χ3v) is 4.15. The second-order valence-corrected chi connectivity index (χ2v) is 5.69. The monoisotopic (exact) mass is 268 g/mol. The number of likely N-dealkylation sites (tertiary alicyclic amines) is 1. The fraction of sp³-hybridized carbons (Fsp3) is 0.538. The van der Waals surface area contributed by atoms with Gasteiger partial charge in [-0.25, -0.2) is 4.21 Å². The molecule has 0 aromatic heterocycles. The highest BCUT2D eigenvalue weighted by Gasteiger charge is 2.21. The van der Waals surface area contributed by atoms with Crippen LogP contribution in [0, 0.1) is 0 Å². The van der Waals surface area contributed by atoms with E-state index in [1.807, 2.05) is 0 Å². The molecule has 1 fully saturated rings. The fourth-order valence-corrected chi connectivity index (χ4v) is 3.05. The molecule has 2 rings (SSSR count). The summed E-state index contributed by atoms with van der Waals surface area (Å²) in [4.78, 5) is 2.06. The molecule has 1 aliphatic rings. The van der Waals surface area contributed by atoms with Crippen LogP contribution in [0.15, 0.2) is 24.3 Å². The maximum atomic E-state index is 10.7. The minimum Gasteiger partial charge on any atom is -0.326 e. The van der Waals surface area contributed by atoms with E-state index in [4.69, 9.17) is 10.3 Å². The molecule has 1 heterocycles. The molecule has 18 heavy (non-hydrogen) atoms. The van der Waals surface area contributed by atoms with Crippen LogP contribution in [0.4, 0.5) is 0 Å². The van der Waals surface area contributed by atoms with Crippen LogP contribution in [0.25, 0.3) is 0 Å². The molecule has 0 amide bonds. The molecule has 1 saturated heterocycles. The molecule has 0 spiro atoms. The van der Waals surface area contributed by atoms with E-state index in [0.29, 0.717) is 12.5 Å². The molecule has 100 valence electrons. The van der Waals surface area contributed by atoms with Crippen molar-refractivity contribution < 1.29 is 8.76 Å². The summed E-state index contributed by atoms with van der Waals surface area (Å²) in [6, 6.07) is 8.49. The first-order chi connectivity index (χ1) is 8.69. The number of nitrogens with two attached hydrogens (primary N) is 1. The van der Waals surface area contributed by atoms with Crippen molar-refractivity contribution >= 4 is 11.1 Å². The van der Waals surface area contributed by atoms with E-state index in [0.717, 1.165) is 31.5 Å². The smallest absolute Gasteiger partial charge is 0.167 e. The Balaban J connectivity index is 1.90. The lowest BCUT2D eigenvalue weighted by Gasteiger charge is -2.31. The summed E-state index contributed by atoms with van der Waals surface area (Å²) in [6.45, 7) is 2.38. The van der Waals surface area contributed by atoms with Gasteiger partial charge in [0, 0.05) is 6.54 Å². The second-order valence-electron chi connectivity index (χ2n) is 4.79. The first-order valence-electron chi connectivity index (χ1n) is 6.27. The van der Waals surface area contributed by atoms with Crippen molar-refractivity contribution in [1.29, 1.82) is 0 Å². The molecule has 0 radical (unpaired) electrons. The van der Waals surface area contributed by atoms with Crippen molar-refractivity contribution in [2.24, 2.45) is 5.73 Å². The molecule has 4 nitrogen and oxygen atoms in total. The van der Waals surface area contributed by atoms with Gasteiger partial charge < -0.3 is 10.3 Å². The molecule has 5 heteroatoms. The highest BCUT2D eigenvalue weighted by Crippen LogP contribution is 2.28. The lowest BCUT2D eigenvalue weighted by atomic mass is 9.89. The number of nitrogens with zero attached hydrogens (tertiary/aromatic N) is 1. The minimum absolute atomic E-state index is 0.277. The van der Waals surface area contributed by atoms with Gasteiger partial charge in [0.2, 0.25) is 0 Å². The molecule has 1 atom stereocenters. The Hall–Kier alpha value is -0.750. The van der Waals surface area contributed by atoms with Gasteiger partial charge in [-0.1, -0.05) is 24.3 Å². The van der Waals surface area contributed by atoms with E-state index in [-0.39, 0.29) is 5.88 Å². The second kappa shape index (κ2) is 6.43. The number of piperidine rings is 1. The lowest BCUT2D eigenvalue weighted by molar-refractivity contribution is 0.240. The molecule has 0 aliphatic carbocycles. The van der Waals surface area contributed by atoms with Gasteiger partial charge in [-0.2, -0.15) is 0 Å². The molecular weight excluding hydrogens is 248 g/mol. The largest absolute Gasteiger partial charge is 0.326 e. The quantitative estimate of drug-likeness (QED) is 0.812. The number of rotatable bonds is 4. The Morgan fingerprint density at radius 2 is 1.89 bits per heavy atom. The van der Waals surface area contributed by atoms with Crippen molar-refractivity contribution in [2.45, 2.75) is 25.3 Å². The van der Waals surface area contributed by atoms with Crippen molar-refractivity contribution in [3.63, 3.8) is 0 Å². The summed E-state index contributed by atoms with van der Waals surface area (Å²) >= 11 is -1.71. The molecule has 1 aromatic carbocycles. The van der Waals surface area contributed by atoms with Crippen LogP contribution >= 0.6 is 0 Å². The predicted molar refractivity (Wildman–Crippen MR) is 73.5 cm³/mol. The SMILES string of the molecule is NCc1ccc(C2CCN(CS(=O)O)CC2)cc1. The van der Waals surface area contributed by atoms with Gasteiger partial charge in [0.25, 0.3) is 0 Å². The average molecular weight is 268 g/mol. The number of hydrogen-bond donors (Lipinski definition) is 2. The molecule has 0 bridgehead atoms. The summed E-state index contributed by atoms with van der Waals surface area (Å²) in [7, 11) is 0. The van der Waals surface area contributed by atoms with Gasteiger partial charge in [0.05, 0.1) is 0 Å². The first kappa shape index (κ1) is 13.7. The van der Waals surface area contributed by atoms with Crippen LogP contribution in [0.3, 0.4) is 0 Å². The first-order valence-corrected chi connectivity index (χ1v) is 7.55. The summed E-state index contributed by atoms with van der Waals surface area (Å²) < 4.78 is 19.6. The van der Waals surface area contributed by atoms with E-state index in [9.17, 15) is 4.21 Å². The van der Waals surface area contributed by atoms with Gasteiger partial charge in [-0.15, -0.1) is 0 Å². The Morgan fingerprint density at radius 3 is 2.39 bits per heavy atom. The summed E-state index contributed by atoms with van der Waals surface area (Å²) in [5, 5.41) is 0. The number of benzene rings is 1. The fourth-order valence-electron chi connectivity index (χ4n) is 2.48. The van der Waals surface area contributed by atoms with E-state index in [1.54, 1.807) is 0 Å². The van der Waals surface area contributed by atoms with Gasteiger partial charge in [-0.05, 0) is 43.0 Å². The lowest BCUT2D eigenvalue weighted by Crippen LogP contribution is -2.35. The maximum Gasteiger partial charge on any atom is 0.167 e. The zero-order valence-corrected chi connectivity index (χ0v) is 11.2. The van der Waals surface area contributed by atoms with E-state index >= 15 is 0 Å². The summed E-state index contributed by atoms with van der Waals surface area (Å²) in [5.41, 5.74) is 8.10. The van der Waals surface area contributed by atoms with E-state index in [1.165, 1.54) is 5.56 Å². The average Bonchev–Trinajstić information content (AvgIpc) is 2.39. The van der Waals surface area contributed by atoms with Crippen LogP contribution in [0.1, 0.15) is 29.9 Å². The van der Waals surface area contributed by atoms with Crippen LogP contribution in [0.2, 0.25) is 0 Å². The van der Waals surface area contributed by atoms with Crippen LogP contribution in [-0.2, 0) is 17.6 Å². The molecule has 1 aliphatic heterocycles. The number of hydrogen-bond acceptors (Lipinski definition) is 3. The van der Waals surface area contributed by atoms with Crippen molar-refractivity contribution in [3.8, 4) is 0 Å². The topological polar surface area (TPSA) is 66.6 Å². The zero-order chi connectivity index (χ0) is 13.0. The standard InChI is InChI=1S/C13H20N2O2S/c14-9-11-1-3-12(4-2-11)13-5-7-15(8-6-13)10-18(16)17/h1-4,13H,5-10,14H2,(H,16,17).